The van der Waals surface area contributed by atoms with E-state index in [9.17, 15) is 0 Å². The predicted molar refractivity (Wildman–Crippen MR) is 376 cm³/mol. The molecule has 14 aromatic rings. The van der Waals surface area contributed by atoms with Gasteiger partial charge in [0.25, 0.3) is 0 Å². The highest BCUT2D eigenvalue weighted by molar-refractivity contribution is 7.20. The second-order valence-corrected chi connectivity index (χ2v) is 29.6. The summed E-state index contributed by atoms with van der Waals surface area (Å²) in [6.45, 7) is 6.47. The van der Waals surface area contributed by atoms with Gasteiger partial charge in [-0.3, -0.25) is 4.57 Å². The Bertz CT molecular complexity index is 4750. The van der Waals surface area contributed by atoms with E-state index in [0.29, 0.717) is 23.4 Å². The number of nitrogens with zero attached hydrogens (tertiary/aromatic N) is 5. The molecule has 1 N–H and O–H groups in total. The molecule has 0 saturated carbocycles. The smallest absolute Gasteiger partial charge is 0.240 e. The Kier molecular flexibility index (Phi) is 15.1. The number of nitrogens with one attached hydrogen (secondary N) is 1. The molecule has 14 rings (SSSR count). The molecule has 88 heavy (non-hydrogen) atoms. The van der Waals surface area contributed by atoms with Crippen LogP contribution in [0.2, 0.25) is 0 Å². The van der Waals surface area contributed by atoms with Crippen molar-refractivity contribution >= 4 is 107 Å². The number of fused-ring (bicyclic) bond motifs is 7. The van der Waals surface area contributed by atoms with Gasteiger partial charge < -0.3 is 9.88 Å². The van der Waals surface area contributed by atoms with Crippen LogP contribution in [0.4, 0.5) is 5.95 Å². The van der Waals surface area contributed by atoms with Gasteiger partial charge in [-0.05, 0) is 84.8 Å². The summed E-state index contributed by atoms with van der Waals surface area (Å²) >= 11 is 0. The predicted octanol–water partition coefficient (Wildman–Crippen LogP) is 13.7. The lowest BCUT2D eigenvalue weighted by Crippen LogP contribution is -2.74. The van der Waals surface area contributed by atoms with Crippen molar-refractivity contribution in [2.75, 3.05) is 5.32 Å². The lowest BCUT2D eigenvalue weighted by molar-refractivity contribution is 0.952. The Morgan fingerprint density at radius 3 is 1.39 bits per heavy atom. The number of allylic oxidation sites excluding steroid dienone is 8. The van der Waals surface area contributed by atoms with Crippen LogP contribution in [0.5, 0.6) is 0 Å². The average Bonchev–Trinajstić information content (AvgIpc) is 1.56. The lowest BCUT2D eigenvalue weighted by atomic mass is 10.1. The van der Waals surface area contributed by atoms with Gasteiger partial charge in [0.15, 0.2) is 22.0 Å². The maximum absolute atomic E-state index is 5.65. The average molecular weight is 1160 g/mol. The molecular weight excluding hydrogens is 1100 g/mol. The fraction of sp³-hybridized carbons (Fsp3) is 0.0125. The van der Waals surface area contributed by atoms with Gasteiger partial charge >= 0.3 is 0 Å². The van der Waals surface area contributed by atoms with Crippen LogP contribution < -0.4 is 46.8 Å². The molecule has 0 aliphatic rings. The molecular formula is C80H62N6Si2. The van der Waals surface area contributed by atoms with Crippen LogP contribution in [0.1, 0.15) is 6.92 Å². The van der Waals surface area contributed by atoms with E-state index in [1.54, 1.807) is 0 Å². The topological polar surface area (TPSA) is 60.6 Å². The number of hydrogen-bond acceptors (Lipinski definition) is 4. The van der Waals surface area contributed by atoms with Gasteiger partial charge in [0.2, 0.25) is 11.9 Å². The first-order valence-corrected chi connectivity index (χ1v) is 33.9. The number of para-hydroxylation sites is 2. The van der Waals surface area contributed by atoms with Crippen molar-refractivity contribution in [3.63, 3.8) is 0 Å². The molecule has 3 aromatic heterocycles. The van der Waals surface area contributed by atoms with Crippen LogP contribution in [0, 0.1) is 0 Å². The summed E-state index contributed by atoms with van der Waals surface area (Å²) in [5.74, 6) is 1.37. The molecule has 0 aliphatic carbocycles. The van der Waals surface area contributed by atoms with Gasteiger partial charge in [-0.1, -0.05) is 310 Å². The summed E-state index contributed by atoms with van der Waals surface area (Å²) in [6.07, 6.45) is 15.9. The summed E-state index contributed by atoms with van der Waals surface area (Å²) in [5, 5.41) is 18.2. The van der Waals surface area contributed by atoms with Gasteiger partial charge in [0, 0.05) is 38.5 Å². The Morgan fingerprint density at radius 1 is 0.375 bits per heavy atom. The molecule has 11 aromatic carbocycles. The second-order valence-electron chi connectivity index (χ2n) is 22.0. The van der Waals surface area contributed by atoms with Gasteiger partial charge in [0.1, 0.15) is 0 Å². The maximum atomic E-state index is 5.65. The highest BCUT2D eigenvalue weighted by Gasteiger charge is 2.43. The third kappa shape index (κ3) is 9.76. The molecule has 0 amide bonds. The molecule has 0 radical (unpaired) electrons. The molecule has 0 fully saturated rings. The van der Waals surface area contributed by atoms with Crippen LogP contribution in [0.3, 0.4) is 0 Å². The van der Waals surface area contributed by atoms with E-state index in [-0.39, 0.29) is 0 Å². The van der Waals surface area contributed by atoms with Crippen molar-refractivity contribution in [1.82, 2.24) is 24.1 Å². The molecule has 0 spiro atoms. The zero-order valence-corrected chi connectivity index (χ0v) is 50.8. The molecule has 6 nitrogen and oxygen atoms in total. The second kappa shape index (κ2) is 24.1. The van der Waals surface area contributed by atoms with Crippen molar-refractivity contribution in [1.29, 1.82) is 0 Å². The molecule has 0 atom stereocenters. The summed E-state index contributed by atoms with van der Waals surface area (Å²) in [4.78, 5) is 16.4. The van der Waals surface area contributed by atoms with Crippen molar-refractivity contribution in [3.8, 4) is 23.0 Å². The van der Waals surface area contributed by atoms with E-state index in [1.807, 2.05) is 55.5 Å². The Balaban J connectivity index is 1.04. The molecule has 0 unspecified atom stereocenters. The minimum Gasteiger partial charge on any atom is -0.325 e. The van der Waals surface area contributed by atoms with E-state index >= 15 is 0 Å². The van der Waals surface area contributed by atoms with Gasteiger partial charge in [0.05, 0.1) is 22.1 Å². The van der Waals surface area contributed by atoms with E-state index in [1.165, 1.54) is 41.5 Å². The largest absolute Gasteiger partial charge is 0.325 e. The van der Waals surface area contributed by atoms with Crippen molar-refractivity contribution < 1.29 is 0 Å². The number of aromatic nitrogens is 5. The van der Waals surface area contributed by atoms with Crippen LogP contribution in [0.15, 0.2) is 352 Å². The van der Waals surface area contributed by atoms with Crippen LogP contribution >= 0.6 is 0 Å². The maximum Gasteiger partial charge on any atom is 0.240 e. The fourth-order valence-corrected chi connectivity index (χ4v) is 22.8. The Morgan fingerprint density at radius 2 is 0.841 bits per heavy atom. The molecule has 3 heterocycles. The number of rotatable bonds is 17. The minimum absolute atomic E-state index is 0.369. The molecule has 8 heteroatoms. The summed E-state index contributed by atoms with van der Waals surface area (Å²) in [7, 11) is -5.92. The molecule has 0 saturated heterocycles. The summed E-state index contributed by atoms with van der Waals surface area (Å²) in [5.41, 5.74) is 6.70. The van der Waals surface area contributed by atoms with Crippen molar-refractivity contribution in [2.45, 2.75) is 6.92 Å². The van der Waals surface area contributed by atoms with Crippen molar-refractivity contribution in [2.24, 2.45) is 0 Å². The SMILES string of the molecule is C=C(/C=C\C=CC=C/C=C\C)Nc1nc(-c2cccc([Si](c3ccccc3)(c3ccccc3)c3ccccc3)c2)nc(-n2c3ccccc3c3ccc4c(c5ccc([Si](c6ccccc6)(c6ccccc6)c6ccccc6)cc5n4-c4ccccc4)c32)n1. The normalized spacial score (nSPS) is 12.2. The van der Waals surface area contributed by atoms with Crippen LogP contribution in [-0.2, 0) is 0 Å². The minimum atomic E-state index is -2.96. The van der Waals surface area contributed by atoms with Crippen molar-refractivity contribution in [3.05, 3.63) is 352 Å². The molecule has 0 aliphatic heterocycles. The zero-order valence-electron chi connectivity index (χ0n) is 48.8. The molecule has 420 valence electrons. The Labute approximate surface area is 515 Å². The van der Waals surface area contributed by atoms with Gasteiger partial charge in [-0.2, -0.15) is 15.0 Å². The Hall–Kier alpha value is -11.0. The number of hydrogen-bond donors (Lipinski definition) is 1. The number of benzene rings is 11. The standard InChI is InChI=1S/C80H62N6Si2/c1-3-4-5-6-7-8-16-34-59(2)81-79-82-78(60-35-33-50-68(57-60)87(62-38-19-10-20-39-62,63-40-21-11-22-41-63)64-42-23-12-24-43-64)83-80(84-79)86-73-52-32-31-51-70(73)71-55-56-74-76(77(71)86)72-54-53-69(58-75(72)85(74)61-36-17-9-18-37-61)88(65-44-25-13-26-45-65,66-46-27-14-28-47-66)67-48-29-15-30-49-67/h3-58H,2H2,1H3,(H,81,82,83,84)/b4-3-,6-5?,8-7?,34-16-. The third-order valence-electron chi connectivity index (χ3n) is 16.9. The third-order valence-corrected chi connectivity index (χ3v) is 26.5. The van der Waals surface area contributed by atoms with Gasteiger partial charge in [-0.25, -0.2) is 0 Å². The highest BCUT2D eigenvalue weighted by Crippen LogP contribution is 2.42. The number of anilines is 1. The first-order chi connectivity index (χ1) is 43.5. The van der Waals surface area contributed by atoms with Crippen LogP contribution in [0.25, 0.3) is 66.6 Å². The van der Waals surface area contributed by atoms with Gasteiger partial charge in [-0.15, -0.1) is 0 Å². The monoisotopic (exact) mass is 1160 g/mol. The highest BCUT2D eigenvalue weighted by atomic mass is 28.3. The molecule has 0 bridgehead atoms. The summed E-state index contributed by atoms with van der Waals surface area (Å²) < 4.78 is 4.72. The first-order valence-electron chi connectivity index (χ1n) is 29.9. The van der Waals surface area contributed by atoms with Crippen LogP contribution in [-0.4, -0.2) is 40.2 Å². The van der Waals surface area contributed by atoms with E-state index in [2.05, 4.69) is 312 Å². The van der Waals surface area contributed by atoms with E-state index < -0.39 is 16.1 Å². The first kappa shape index (κ1) is 54.9. The van der Waals surface area contributed by atoms with E-state index in [0.717, 1.165) is 54.9 Å². The summed E-state index contributed by atoms with van der Waals surface area (Å²) in [6, 6.07) is 107. The lowest BCUT2D eigenvalue weighted by Gasteiger charge is -2.34. The zero-order chi connectivity index (χ0) is 59.3. The quantitative estimate of drug-likeness (QED) is 0.0561. The van der Waals surface area contributed by atoms with E-state index in [4.69, 9.17) is 15.0 Å². The fourth-order valence-electron chi connectivity index (χ4n) is 13.2.